The fourth-order valence-corrected chi connectivity index (χ4v) is 1.52. The van der Waals surface area contributed by atoms with E-state index in [1.165, 1.54) is 0 Å². The van der Waals surface area contributed by atoms with Crippen LogP contribution in [0.4, 0.5) is 5.69 Å². The van der Waals surface area contributed by atoms with Crippen LogP contribution in [-0.2, 0) is 4.79 Å². The van der Waals surface area contributed by atoms with Crippen LogP contribution >= 0.6 is 0 Å². The minimum absolute atomic E-state index is 0.364. The van der Waals surface area contributed by atoms with Gasteiger partial charge in [0.15, 0.2) is 12.5 Å². The average molecular weight is 189 g/mol. The van der Waals surface area contributed by atoms with Crippen LogP contribution in [0.15, 0.2) is 23.8 Å². The molecule has 0 bridgehead atoms. The van der Waals surface area contributed by atoms with Gasteiger partial charge in [0.05, 0.1) is 0 Å². The van der Waals surface area contributed by atoms with Gasteiger partial charge in [-0.1, -0.05) is 11.6 Å². The molecule has 1 atom stereocenters. The largest absolute Gasteiger partial charge is 0.369 e. The molecule has 0 aliphatic carbocycles. The summed E-state index contributed by atoms with van der Waals surface area (Å²) in [6.45, 7) is 1.99. The van der Waals surface area contributed by atoms with E-state index in [9.17, 15) is 9.90 Å². The molecule has 14 heavy (non-hydrogen) atoms. The summed E-state index contributed by atoms with van der Waals surface area (Å²) in [4.78, 5) is 10.6. The lowest BCUT2D eigenvalue weighted by Gasteiger charge is -2.21. The van der Waals surface area contributed by atoms with Gasteiger partial charge in [-0.15, -0.1) is 0 Å². The zero-order valence-corrected chi connectivity index (χ0v) is 7.82. The van der Waals surface area contributed by atoms with E-state index in [1.54, 1.807) is 6.08 Å². The molecule has 0 saturated heterocycles. The number of anilines is 1. The van der Waals surface area contributed by atoms with Crippen molar-refractivity contribution in [1.82, 2.24) is 0 Å². The van der Waals surface area contributed by atoms with Gasteiger partial charge in [-0.3, -0.25) is 4.79 Å². The van der Waals surface area contributed by atoms with Crippen molar-refractivity contribution in [2.24, 2.45) is 0 Å². The molecule has 3 heteroatoms. The second-order valence-electron chi connectivity index (χ2n) is 3.40. The molecular weight excluding hydrogens is 178 g/mol. The Bertz CT molecular complexity index is 410. The van der Waals surface area contributed by atoms with Crippen LogP contribution in [0, 0.1) is 6.92 Å². The van der Waals surface area contributed by atoms with Gasteiger partial charge in [0.1, 0.15) is 0 Å². The van der Waals surface area contributed by atoms with Crippen LogP contribution in [-0.4, -0.2) is 17.6 Å². The van der Waals surface area contributed by atoms with Gasteiger partial charge in [0, 0.05) is 11.3 Å². The summed E-state index contributed by atoms with van der Waals surface area (Å²) < 4.78 is 0. The van der Waals surface area contributed by atoms with E-state index in [-0.39, 0.29) is 0 Å². The number of fused-ring (bicyclic) bond motifs is 1. The van der Waals surface area contributed by atoms with Crippen LogP contribution in [0.5, 0.6) is 0 Å². The van der Waals surface area contributed by atoms with E-state index in [0.717, 1.165) is 16.8 Å². The predicted octanol–water partition coefficient (Wildman–Crippen LogP) is 1.32. The maximum Gasteiger partial charge on any atom is 0.154 e. The van der Waals surface area contributed by atoms with E-state index in [2.05, 4.69) is 5.32 Å². The first-order valence-corrected chi connectivity index (χ1v) is 4.43. The molecule has 1 aliphatic heterocycles. The number of rotatable bonds is 1. The Hall–Kier alpha value is -1.61. The number of aliphatic hydroxyl groups is 1. The second-order valence-corrected chi connectivity index (χ2v) is 3.40. The summed E-state index contributed by atoms with van der Waals surface area (Å²) in [5.41, 5.74) is 3.29. The summed E-state index contributed by atoms with van der Waals surface area (Å²) >= 11 is 0. The van der Waals surface area contributed by atoms with Gasteiger partial charge in [-0.25, -0.2) is 0 Å². The van der Waals surface area contributed by atoms with Gasteiger partial charge in [-0.2, -0.15) is 0 Å². The first kappa shape index (κ1) is 8.97. The molecule has 1 aromatic carbocycles. The zero-order chi connectivity index (χ0) is 10.1. The molecule has 3 nitrogen and oxygen atoms in total. The van der Waals surface area contributed by atoms with Gasteiger partial charge in [0.25, 0.3) is 0 Å². The van der Waals surface area contributed by atoms with Crippen LogP contribution in [0.3, 0.4) is 0 Å². The third-order valence-electron chi connectivity index (χ3n) is 2.27. The van der Waals surface area contributed by atoms with Crippen LogP contribution in [0.1, 0.15) is 11.1 Å². The predicted molar refractivity (Wildman–Crippen MR) is 54.8 cm³/mol. The first-order valence-electron chi connectivity index (χ1n) is 4.43. The SMILES string of the molecule is Cc1ccc2c(c1)C=C(C=O)C(O)N2. The van der Waals surface area contributed by atoms with Crippen molar-refractivity contribution >= 4 is 18.0 Å². The number of aliphatic hydroxyl groups excluding tert-OH is 1. The maximum absolute atomic E-state index is 10.6. The minimum Gasteiger partial charge on any atom is -0.369 e. The van der Waals surface area contributed by atoms with Crippen molar-refractivity contribution in [3.05, 3.63) is 34.9 Å². The van der Waals surface area contributed by atoms with Gasteiger partial charge < -0.3 is 10.4 Å². The fraction of sp³-hybridized carbons (Fsp3) is 0.182. The number of aldehydes is 1. The number of carbonyl (C=O) groups excluding carboxylic acids is 1. The van der Waals surface area contributed by atoms with Crippen molar-refractivity contribution in [1.29, 1.82) is 0 Å². The van der Waals surface area contributed by atoms with E-state index in [1.807, 2.05) is 25.1 Å². The molecule has 0 fully saturated rings. The topological polar surface area (TPSA) is 49.3 Å². The normalized spacial score (nSPS) is 19.3. The molecule has 0 saturated carbocycles. The minimum atomic E-state index is -0.886. The summed E-state index contributed by atoms with van der Waals surface area (Å²) in [6, 6.07) is 5.82. The van der Waals surface area contributed by atoms with Crippen molar-refractivity contribution in [2.75, 3.05) is 5.32 Å². The van der Waals surface area contributed by atoms with Gasteiger partial charge in [-0.05, 0) is 30.7 Å². The van der Waals surface area contributed by atoms with Crippen molar-refractivity contribution in [2.45, 2.75) is 13.2 Å². The molecule has 0 spiro atoms. The summed E-state index contributed by atoms with van der Waals surface area (Å²) in [7, 11) is 0. The molecule has 1 unspecified atom stereocenters. The number of aryl methyl sites for hydroxylation is 1. The summed E-state index contributed by atoms with van der Waals surface area (Å²) in [6.07, 6.45) is 1.49. The maximum atomic E-state index is 10.6. The molecule has 72 valence electrons. The van der Waals surface area contributed by atoms with Crippen molar-refractivity contribution < 1.29 is 9.90 Å². The van der Waals surface area contributed by atoms with E-state index < -0.39 is 6.23 Å². The molecule has 1 aliphatic rings. The Balaban J connectivity index is 2.51. The smallest absolute Gasteiger partial charge is 0.154 e. The molecule has 0 radical (unpaired) electrons. The highest BCUT2D eigenvalue weighted by molar-refractivity contribution is 5.88. The summed E-state index contributed by atoms with van der Waals surface area (Å²) in [5.74, 6) is 0. The standard InChI is InChI=1S/C11H11NO2/c1-7-2-3-10-8(4-7)5-9(6-13)11(14)12-10/h2-6,11-12,14H,1H3. The van der Waals surface area contributed by atoms with Crippen LogP contribution in [0.25, 0.3) is 6.08 Å². The highest BCUT2D eigenvalue weighted by Gasteiger charge is 2.17. The Morgan fingerprint density at radius 2 is 2.29 bits per heavy atom. The number of hydrogen-bond acceptors (Lipinski definition) is 3. The quantitative estimate of drug-likeness (QED) is 0.655. The van der Waals surface area contributed by atoms with Crippen LogP contribution in [0.2, 0.25) is 0 Å². The van der Waals surface area contributed by atoms with E-state index >= 15 is 0 Å². The Labute approximate surface area is 82.1 Å². The Morgan fingerprint density at radius 1 is 1.50 bits per heavy atom. The lowest BCUT2D eigenvalue weighted by Crippen LogP contribution is -2.25. The van der Waals surface area contributed by atoms with Gasteiger partial charge in [0.2, 0.25) is 0 Å². The Morgan fingerprint density at radius 3 is 3.00 bits per heavy atom. The van der Waals surface area contributed by atoms with Crippen molar-refractivity contribution in [3.63, 3.8) is 0 Å². The zero-order valence-electron chi connectivity index (χ0n) is 7.82. The second kappa shape index (κ2) is 3.27. The molecule has 0 amide bonds. The Kier molecular flexibility index (Phi) is 2.09. The summed E-state index contributed by atoms with van der Waals surface area (Å²) in [5, 5.41) is 12.3. The number of nitrogens with one attached hydrogen (secondary N) is 1. The molecule has 1 heterocycles. The lowest BCUT2D eigenvalue weighted by molar-refractivity contribution is -0.105. The molecular formula is C11H11NO2. The molecule has 2 rings (SSSR count). The number of benzene rings is 1. The van der Waals surface area contributed by atoms with E-state index in [4.69, 9.17) is 0 Å². The number of hydrogen-bond donors (Lipinski definition) is 2. The molecule has 1 aromatic rings. The molecule has 2 N–H and O–H groups in total. The van der Waals surface area contributed by atoms with Crippen LogP contribution < -0.4 is 5.32 Å². The third kappa shape index (κ3) is 1.42. The van der Waals surface area contributed by atoms with E-state index in [0.29, 0.717) is 11.9 Å². The number of carbonyl (C=O) groups is 1. The van der Waals surface area contributed by atoms with Crippen molar-refractivity contribution in [3.8, 4) is 0 Å². The monoisotopic (exact) mass is 189 g/mol. The van der Waals surface area contributed by atoms with Gasteiger partial charge >= 0.3 is 0 Å². The average Bonchev–Trinajstić information content (AvgIpc) is 2.17. The lowest BCUT2D eigenvalue weighted by atomic mass is 10.0. The third-order valence-corrected chi connectivity index (χ3v) is 2.27. The highest BCUT2D eigenvalue weighted by atomic mass is 16.3. The molecule has 0 aromatic heterocycles. The highest BCUT2D eigenvalue weighted by Crippen LogP contribution is 2.26. The fourth-order valence-electron chi connectivity index (χ4n) is 1.52. The first-order chi connectivity index (χ1) is 6.70.